The highest BCUT2D eigenvalue weighted by molar-refractivity contribution is 7.13. The Balaban J connectivity index is 2.62. The summed E-state index contributed by atoms with van der Waals surface area (Å²) in [6.45, 7) is 2.36. The molecule has 74 valence electrons. The van der Waals surface area contributed by atoms with Crippen LogP contribution in [0.25, 0.3) is 0 Å². The molecular formula is C10H10ClNOS. The third-order valence-corrected chi connectivity index (χ3v) is 3.36. The molecule has 1 amide bonds. The number of carbonyl (C=O) groups excluding carboxylic acids is 1. The van der Waals surface area contributed by atoms with Crippen LogP contribution in [0.4, 0.5) is 0 Å². The highest BCUT2D eigenvalue weighted by Gasteiger charge is 2.13. The van der Waals surface area contributed by atoms with Gasteiger partial charge in [0.25, 0.3) is 5.91 Å². The summed E-state index contributed by atoms with van der Waals surface area (Å²) in [5, 5.41) is 5.09. The lowest BCUT2D eigenvalue weighted by molar-refractivity contribution is 0.0958. The van der Waals surface area contributed by atoms with Crippen LogP contribution in [0.3, 0.4) is 0 Å². The summed E-state index contributed by atoms with van der Waals surface area (Å²) in [5.74, 6) is 2.30. The first-order valence-corrected chi connectivity index (χ1v) is 5.38. The predicted octanol–water partition coefficient (Wildman–Crippen LogP) is 2.46. The summed E-state index contributed by atoms with van der Waals surface area (Å²) in [4.78, 5) is 12.1. The smallest absolute Gasteiger partial charge is 0.262 e. The van der Waals surface area contributed by atoms with E-state index in [1.54, 1.807) is 0 Å². The Hall–Kier alpha value is -0.980. The topological polar surface area (TPSA) is 29.1 Å². The Morgan fingerprint density at radius 3 is 3.00 bits per heavy atom. The fourth-order valence-corrected chi connectivity index (χ4v) is 2.11. The van der Waals surface area contributed by atoms with Crippen LogP contribution in [-0.2, 0) is 0 Å². The first-order chi connectivity index (χ1) is 6.66. The molecule has 0 radical (unpaired) electrons. The summed E-state index contributed by atoms with van der Waals surface area (Å²) in [6.07, 6.45) is 5.60. The summed E-state index contributed by atoms with van der Waals surface area (Å²) < 4.78 is 0. The van der Waals surface area contributed by atoms with E-state index in [1.165, 1.54) is 11.3 Å². The van der Waals surface area contributed by atoms with Crippen LogP contribution in [0.15, 0.2) is 5.38 Å². The summed E-state index contributed by atoms with van der Waals surface area (Å²) in [5.41, 5.74) is 0.929. The maximum atomic E-state index is 11.5. The first-order valence-electron chi connectivity index (χ1n) is 4.12. The number of hydrogen-bond donors (Lipinski definition) is 1. The Morgan fingerprint density at radius 2 is 2.50 bits per heavy atom. The van der Waals surface area contributed by atoms with Crippen LogP contribution in [0.2, 0.25) is 5.02 Å². The molecule has 1 heterocycles. The molecule has 1 N–H and O–H groups in total. The third-order valence-electron chi connectivity index (χ3n) is 1.66. The normalized spacial score (nSPS) is 9.50. The zero-order valence-corrected chi connectivity index (χ0v) is 9.34. The van der Waals surface area contributed by atoms with E-state index in [-0.39, 0.29) is 5.91 Å². The minimum Gasteiger partial charge on any atom is -0.350 e. The second kappa shape index (κ2) is 5.04. The standard InChI is InChI=1S/C10H10ClNOS/c1-3-4-5-12-10(13)9-8(11)7(2)6-14-9/h1,6H,4-5H2,2H3,(H,12,13). The van der Waals surface area contributed by atoms with E-state index in [9.17, 15) is 4.79 Å². The van der Waals surface area contributed by atoms with Crippen molar-refractivity contribution < 1.29 is 4.79 Å². The van der Waals surface area contributed by atoms with Crippen molar-refractivity contribution in [1.29, 1.82) is 0 Å². The van der Waals surface area contributed by atoms with Crippen LogP contribution in [0.1, 0.15) is 21.7 Å². The Labute approximate surface area is 92.3 Å². The molecule has 1 aromatic rings. The number of hydrogen-bond acceptors (Lipinski definition) is 2. The highest BCUT2D eigenvalue weighted by Crippen LogP contribution is 2.26. The number of terminal acetylenes is 1. The second-order valence-corrected chi connectivity index (χ2v) is 4.03. The third kappa shape index (κ3) is 2.50. The van der Waals surface area contributed by atoms with Crippen LogP contribution >= 0.6 is 22.9 Å². The van der Waals surface area contributed by atoms with Crippen molar-refractivity contribution in [2.45, 2.75) is 13.3 Å². The van der Waals surface area contributed by atoms with Gasteiger partial charge in [-0.25, -0.2) is 0 Å². The van der Waals surface area contributed by atoms with Crippen molar-refractivity contribution in [2.24, 2.45) is 0 Å². The van der Waals surface area contributed by atoms with E-state index in [0.29, 0.717) is 22.9 Å². The zero-order valence-electron chi connectivity index (χ0n) is 7.76. The van der Waals surface area contributed by atoms with Gasteiger partial charge in [-0.05, 0) is 17.9 Å². The quantitative estimate of drug-likeness (QED) is 0.624. The van der Waals surface area contributed by atoms with Gasteiger partial charge >= 0.3 is 0 Å². The van der Waals surface area contributed by atoms with E-state index in [1.807, 2.05) is 12.3 Å². The van der Waals surface area contributed by atoms with Crippen molar-refractivity contribution in [3.8, 4) is 12.3 Å². The maximum absolute atomic E-state index is 11.5. The molecule has 0 aliphatic carbocycles. The minimum atomic E-state index is -0.150. The molecule has 0 unspecified atom stereocenters. The molecule has 0 fully saturated rings. The summed E-state index contributed by atoms with van der Waals surface area (Å²) in [7, 11) is 0. The average Bonchev–Trinajstić information content (AvgIpc) is 2.48. The molecule has 0 aliphatic rings. The molecule has 0 saturated heterocycles. The SMILES string of the molecule is C#CCCNC(=O)c1scc(C)c1Cl. The molecule has 0 aliphatic heterocycles. The van der Waals surface area contributed by atoms with Crippen molar-refractivity contribution in [2.75, 3.05) is 6.54 Å². The fraction of sp³-hybridized carbons (Fsp3) is 0.300. The molecule has 14 heavy (non-hydrogen) atoms. The Kier molecular flexibility index (Phi) is 3.99. The lowest BCUT2D eigenvalue weighted by atomic mass is 10.3. The van der Waals surface area contributed by atoms with E-state index in [0.717, 1.165) is 5.56 Å². The fourth-order valence-electron chi connectivity index (χ4n) is 0.912. The van der Waals surface area contributed by atoms with Crippen molar-refractivity contribution in [1.82, 2.24) is 5.32 Å². The number of halogens is 1. The van der Waals surface area contributed by atoms with E-state index in [4.69, 9.17) is 18.0 Å². The second-order valence-electron chi connectivity index (χ2n) is 2.77. The van der Waals surface area contributed by atoms with Gasteiger partial charge in [-0.15, -0.1) is 23.7 Å². The molecule has 0 aromatic carbocycles. The summed E-state index contributed by atoms with van der Waals surface area (Å²) >= 11 is 7.27. The van der Waals surface area contributed by atoms with Gasteiger partial charge in [0.15, 0.2) is 0 Å². The van der Waals surface area contributed by atoms with E-state index in [2.05, 4.69) is 11.2 Å². The van der Waals surface area contributed by atoms with Gasteiger partial charge in [-0.3, -0.25) is 4.79 Å². The summed E-state index contributed by atoms with van der Waals surface area (Å²) in [6, 6.07) is 0. The largest absolute Gasteiger partial charge is 0.350 e. The van der Waals surface area contributed by atoms with Gasteiger partial charge in [0.2, 0.25) is 0 Å². The number of thiophene rings is 1. The van der Waals surface area contributed by atoms with Crippen LogP contribution in [0.5, 0.6) is 0 Å². The predicted molar refractivity (Wildman–Crippen MR) is 59.8 cm³/mol. The number of amides is 1. The van der Waals surface area contributed by atoms with Crippen molar-refractivity contribution in [3.63, 3.8) is 0 Å². The first kappa shape index (κ1) is 11.1. The average molecular weight is 228 g/mol. The van der Waals surface area contributed by atoms with Crippen LogP contribution < -0.4 is 5.32 Å². The number of carbonyl (C=O) groups is 1. The number of nitrogens with one attached hydrogen (secondary N) is 1. The molecule has 0 bridgehead atoms. The molecule has 1 aromatic heterocycles. The van der Waals surface area contributed by atoms with Gasteiger partial charge in [0, 0.05) is 13.0 Å². The van der Waals surface area contributed by atoms with Gasteiger partial charge in [0.1, 0.15) is 4.88 Å². The molecule has 1 rings (SSSR count). The van der Waals surface area contributed by atoms with Gasteiger partial charge in [0.05, 0.1) is 5.02 Å². The molecule has 0 atom stereocenters. The number of aryl methyl sites for hydroxylation is 1. The van der Waals surface area contributed by atoms with Crippen molar-refractivity contribution >= 4 is 28.8 Å². The zero-order chi connectivity index (χ0) is 10.6. The van der Waals surface area contributed by atoms with Gasteiger partial charge in [-0.2, -0.15) is 0 Å². The molecule has 0 spiro atoms. The van der Waals surface area contributed by atoms with Crippen LogP contribution in [-0.4, -0.2) is 12.5 Å². The number of rotatable bonds is 3. The maximum Gasteiger partial charge on any atom is 0.262 e. The lowest BCUT2D eigenvalue weighted by Gasteiger charge is -2.00. The molecule has 4 heteroatoms. The van der Waals surface area contributed by atoms with E-state index >= 15 is 0 Å². The highest BCUT2D eigenvalue weighted by atomic mass is 35.5. The lowest BCUT2D eigenvalue weighted by Crippen LogP contribution is -2.23. The Morgan fingerprint density at radius 1 is 1.79 bits per heavy atom. The monoisotopic (exact) mass is 227 g/mol. The molecule has 2 nitrogen and oxygen atoms in total. The minimum absolute atomic E-state index is 0.150. The molecule has 0 saturated carbocycles. The van der Waals surface area contributed by atoms with E-state index < -0.39 is 0 Å². The Bertz CT molecular complexity index is 378. The molecular weight excluding hydrogens is 218 g/mol. The van der Waals surface area contributed by atoms with Gasteiger partial charge < -0.3 is 5.32 Å². The van der Waals surface area contributed by atoms with Crippen molar-refractivity contribution in [3.05, 3.63) is 20.8 Å². The van der Waals surface area contributed by atoms with Gasteiger partial charge in [-0.1, -0.05) is 11.6 Å². The van der Waals surface area contributed by atoms with Crippen LogP contribution in [0, 0.1) is 19.3 Å².